The molecule has 3 aromatic carbocycles. The highest BCUT2D eigenvalue weighted by Crippen LogP contribution is 2.28. The predicted molar refractivity (Wildman–Crippen MR) is 130 cm³/mol. The van der Waals surface area contributed by atoms with Crippen molar-refractivity contribution in [3.63, 3.8) is 0 Å². The molecular formula is C28H23N2O6+. The molecule has 5 rings (SSSR count). The number of para-hydroxylation sites is 3. The number of aryl methyl sites for hydroxylation is 2. The van der Waals surface area contributed by atoms with Crippen LogP contribution < -0.4 is 9.30 Å². The van der Waals surface area contributed by atoms with E-state index in [9.17, 15) is 19.2 Å². The van der Waals surface area contributed by atoms with Crippen LogP contribution in [0.3, 0.4) is 0 Å². The summed E-state index contributed by atoms with van der Waals surface area (Å²) in [4.78, 5) is 54.1. The molecule has 8 nitrogen and oxygen atoms in total. The molecule has 4 aromatic rings. The number of amides is 2. The maximum absolute atomic E-state index is 13.5. The Hall–Kier alpha value is -4.59. The fraction of sp³-hybridized carbons (Fsp3) is 0.179. The molecule has 1 saturated heterocycles. The average molecular weight is 484 g/mol. The molecule has 0 aliphatic carbocycles. The molecule has 2 heterocycles. The summed E-state index contributed by atoms with van der Waals surface area (Å²) in [6, 6.07) is 22.2. The summed E-state index contributed by atoms with van der Waals surface area (Å²) in [7, 11) is 1.96. The van der Waals surface area contributed by atoms with Gasteiger partial charge in [-0.25, -0.2) is 9.59 Å². The van der Waals surface area contributed by atoms with Crippen LogP contribution in [0.5, 0.6) is 5.75 Å². The number of carbonyl (C=O) groups is 4. The molecule has 0 spiro atoms. The minimum Gasteiger partial charge on any atom is -0.423 e. The maximum Gasteiger partial charge on any atom is 0.345 e. The van der Waals surface area contributed by atoms with Gasteiger partial charge in [0.15, 0.2) is 0 Å². The van der Waals surface area contributed by atoms with Crippen molar-refractivity contribution in [2.45, 2.75) is 25.7 Å². The van der Waals surface area contributed by atoms with Gasteiger partial charge in [-0.15, -0.1) is 5.06 Å². The molecule has 0 saturated carbocycles. The molecule has 8 heteroatoms. The zero-order valence-corrected chi connectivity index (χ0v) is 19.6. The second kappa shape index (κ2) is 9.58. The highest BCUT2D eigenvalue weighted by Gasteiger charge is 2.32. The normalized spacial score (nSPS) is 13.4. The van der Waals surface area contributed by atoms with Crippen molar-refractivity contribution in [1.82, 2.24) is 5.06 Å². The lowest BCUT2D eigenvalue weighted by atomic mass is 10.0. The van der Waals surface area contributed by atoms with Crippen molar-refractivity contribution in [3.05, 3.63) is 83.9 Å². The number of hydroxylamine groups is 2. The van der Waals surface area contributed by atoms with Gasteiger partial charge in [0.25, 0.3) is 11.8 Å². The highest BCUT2D eigenvalue weighted by atomic mass is 16.7. The number of nitrogens with zero attached hydrogens (tertiary/aromatic N) is 2. The third-order valence-electron chi connectivity index (χ3n) is 6.25. The van der Waals surface area contributed by atoms with Crippen molar-refractivity contribution in [1.29, 1.82) is 0 Å². The van der Waals surface area contributed by atoms with Crippen molar-refractivity contribution >= 4 is 45.6 Å². The molecule has 0 N–H and O–H groups in total. The topological polar surface area (TPSA) is 93.9 Å². The van der Waals surface area contributed by atoms with Gasteiger partial charge in [0, 0.05) is 25.0 Å². The van der Waals surface area contributed by atoms with Gasteiger partial charge in [-0.3, -0.25) is 9.59 Å². The number of benzene rings is 3. The molecule has 180 valence electrons. The van der Waals surface area contributed by atoms with Crippen LogP contribution in [0.25, 0.3) is 21.8 Å². The van der Waals surface area contributed by atoms with Crippen LogP contribution in [0.15, 0.2) is 72.8 Å². The number of esters is 1. The van der Waals surface area contributed by atoms with Crippen LogP contribution >= 0.6 is 0 Å². The van der Waals surface area contributed by atoms with Gasteiger partial charge in [0.1, 0.15) is 12.8 Å². The fourth-order valence-corrected chi connectivity index (χ4v) is 4.45. The van der Waals surface area contributed by atoms with Gasteiger partial charge in [-0.2, -0.15) is 4.57 Å². The molecule has 1 fully saturated rings. The minimum absolute atomic E-state index is 0.0335. The fourth-order valence-electron chi connectivity index (χ4n) is 4.45. The quantitative estimate of drug-likeness (QED) is 0.137. The summed E-state index contributed by atoms with van der Waals surface area (Å²) in [5.41, 5.74) is 2.87. The number of carbonyl (C=O) groups excluding carboxylic acids is 4. The molecule has 0 bridgehead atoms. The van der Waals surface area contributed by atoms with E-state index in [2.05, 4.69) is 0 Å². The lowest BCUT2D eigenvalue weighted by Gasteiger charge is -2.14. The molecule has 0 atom stereocenters. The Morgan fingerprint density at radius 2 is 1.39 bits per heavy atom. The summed E-state index contributed by atoms with van der Waals surface area (Å²) in [6.45, 7) is 0. The van der Waals surface area contributed by atoms with Crippen molar-refractivity contribution in [3.8, 4) is 5.75 Å². The van der Waals surface area contributed by atoms with Gasteiger partial charge < -0.3 is 9.57 Å². The zero-order chi connectivity index (χ0) is 25.2. The van der Waals surface area contributed by atoms with Crippen molar-refractivity contribution < 1.29 is 33.3 Å². The van der Waals surface area contributed by atoms with Crippen LogP contribution in [-0.4, -0.2) is 28.8 Å². The van der Waals surface area contributed by atoms with Crippen LogP contribution in [0.2, 0.25) is 0 Å². The first-order valence-corrected chi connectivity index (χ1v) is 11.6. The Labute approximate surface area is 206 Å². The van der Waals surface area contributed by atoms with E-state index in [1.807, 2.05) is 60.1 Å². The zero-order valence-electron chi connectivity index (χ0n) is 19.6. The van der Waals surface area contributed by atoms with Crippen molar-refractivity contribution in [2.75, 3.05) is 0 Å². The number of aromatic nitrogens is 1. The number of ether oxygens (including phenoxy) is 1. The number of hydrogen-bond donors (Lipinski definition) is 0. The molecule has 36 heavy (non-hydrogen) atoms. The summed E-state index contributed by atoms with van der Waals surface area (Å²) in [5, 5.41) is 2.06. The third-order valence-corrected chi connectivity index (χ3v) is 6.25. The Bertz CT molecular complexity index is 1470. The van der Waals surface area contributed by atoms with Gasteiger partial charge in [0.05, 0.1) is 22.8 Å². The van der Waals surface area contributed by atoms with E-state index < -0.39 is 23.8 Å². The first-order chi connectivity index (χ1) is 17.4. The number of fused-ring (bicyclic) bond motifs is 2. The van der Waals surface area contributed by atoms with E-state index >= 15 is 0 Å². The Balaban J connectivity index is 1.40. The van der Waals surface area contributed by atoms with Gasteiger partial charge >= 0.3 is 11.9 Å². The Morgan fingerprint density at radius 1 is 0.833 bits per heavy atom. The van der Waals surface area contributed by atoms with E-state index in [0.717, 1.165) is 21.8 Å². The summed E-state index contributed by atoms with van der Waals surface area (Å²) >= 11 is 0. The lowest BCUT2D eigenvalue weighted by Crippen LogP contribution is -2.32. The van der Waals surface area contributed by atoms with E-state index in [-0.39, 0.29) is 25.7 Å². The van der Waals surface area contributed by atoms with Crippen LogP contribution in [0, 0.1) is 0 Å². The molecule has 1 aliphatic rings. The van der Waals surface area contributed by atoms with Gasteiger partial charge in [-0.05, 0) is 30.2 Å². The first kappa shape index (κ1) is 23.2. The van der Waals surface area contributed by atoms with Gasteiger partial charge in [0.2, 0.25) is 11.0 Å². The van der Waals surface area contributed by atoms with E-state index in [1.165, 1.54) is 0 Å². The van der Waals surface area contributed by atoms with Crippen LogP contribution in [0.4, 0.5) is 0 Å². The maximum atomic E-state index is 13.5. The summed E-state index contributed by atoms with van der Waals surface area (Å²) in [6.07, 6.45) is 0.167. The number of pyridine rings is 1. The van der Waals surface area contributed by atoms with Gasteiger partial charge in [-0.1, -0.05) is 42.5 Å². The molecule has 1 aromatic heterocycles. The smallest absolute Gasteiger partial charge is 0.345 e. The monoisotopic (exact) mass is 483 g/mol. The second-order valence-electron chi connectivity index (χ2n) is 8.51. The predicted octanol–water partition coefficient (Wildman–Crippen LogP) is 3.58. The number of imide groups is 1. The molecule has 1 aliphatic heterocycles. The molecule has 0 unspecified atom stereocenters. The third kappa shape index (κ3) is 4.29. The van der Waals surface area contributed by atoms with E-state index in [0.29, 0.717) is 21.9 Å². The SMILES string of the molecule is C[n+]1c2ccccc2c(C(=O)Oc2ccccc2CCC(=O)ON2C(=O)CCC2=O)c2ccccc21. The number of rotatable bonds is 6. The largest absolute Gasteiger partial charge is 0.423 e. The summed E-state index contributed by atoms with van der Waals surface area (Å²) < 4.78 is 7.91. The second-order valence-corrected chi connectivity index (χ2v) is 8.51. The van der Waals surface area contributed by atoms with E-state index in [1.54, 1.807) is 24.3 Å². The highest BCUT2D eigenvalue weighted by molar-refractivity contribution is 6.13. The van der Waals surface area contributed by atoms with Crippen molar-refractivity contribution in [2.24, 2.45) is 7.05 Å². The number of hydrogen-bond acceptors (Lipinski definition) is 6. The van der Waals surface area contributed by atoms with E-state index in [4.69, 9.17) is 9.57 Å². The molecule has 0 radical (unpaired) electrons. The Kier molecular flexibility index (Phi) is 6.16. The average Bonchev–Trinajstić information content (AvgIpc) is 3.20. The minimum atomic E-state index is -0.715. The van der Waals surface area contributed by atoms with Crippen LogP contribution in [0.1, 0.15) is 35.2 Å². The molecule has 2 amide bonds. The summed E-state index contributed by atoms with van der Waals surface area (Å²) in [5.74, 6) is -1.96. The molecular weight excluding hydrogens is 460 g/mol. The standard InChI is InChI=1S/C28H23N2O6/c1-29-21-11-5-3-9-19(21)27(20-10-4-6-12-22(20)29)28(34)35-23-13-7-2-8-18(23)14-17-26(33)36-30-24(31)15-16-25(30)32/h2-13H,14-17H2,1H3/q+1. The first-order valence-electron chi connectivity index (χ1n) is 11.6. The Morgan fingerprint density at radius 3 is 2.03 bits per heavy atom. The van der Waals surface area contributed by atoms with Crippen LogP contribution in [-0.2, 0) is 32.7 Å². The lowest BCUT2D eigenvalue weighted by molar-refractivity contribution is -0.617.